The molecule has 0 unspecified atom stereocenters. The summed E-state index contributed by atoms with van der Waals surface area (Å²) in [5.41, 5.74) is 6.00. The van der Waals surface area contributed by atoms with E-state index in [-0.39, 0.29) is 5.82 Å². The molecule has 1 heterocycles. The van der Waals surface area contributed by atoms with Crippen LogP contribution < -0.4 is 10.5 Å². The number of nitrogens with two attached hydrogens (primary N) is 1. The molecule has 0 aliphatic carbocycles. The monoisotopic (exact) mass is 163 g/mol. The highest BCUT2D eigenvalue weighted by Gasteiger charge is 2.02. The second-order valence-electron chi connectivity index (χ2n) is 2.14. The van der Waals surface area contributed by atoms with Gasteiger partial charge in [-0.15, -0.1) is 0 Å². The standard InChI is InChI=1S/C8H9N3O/c1-3-12-8-5-6(9)4-7(10-2)11-8/h4-5H,3H2,1H3,(H2,9,11). The fourth-order valence-electron chi connectivity index (χ4n) is 0.790. The summed E-state index contributed by atoms with van der Waals surface area (Å²) in [6.07, 6.45) is 0. The van der Waals surface area contributed by atoms with E-state index in [1.807, 2.05) is 6.92 Å². The van der Waals surface area contributed by atoms with E-state index in [0.29, 0.717) is 18.2 Å². The number of ether oxygens (including phenoxy) is 1. The van der Waals surface area contributed by atoms with E-state index >= 15 is 0 Å². The first-order chi connectivity index (χ1) is 5.76. The number of aromatic nitrogens is 1. The Hall–Kier alpha value is -1.76. The first-order valence-electron chi connectivity index (χ1n) is 3.54. The van der Waals surface area contributed by atoms with E-state index in [1.54, 1.807) is 6.07 Å². The van der Waals surface area contributed by atoms with Gasteiger partial charge in [0.15, 0.2) is 0 Å². The van der Waals surface area contributed by atoms with Crippen LogP contribution in [0.15, 0.2) is 12.1 Å². The highest BCUT2D eigenvalue weighted by molar-refractivity contribution is 5.52. The fourth-order valence-corrected chi connectivity index (χ4v) is 0.790. The van der Waals surface area contributed by atoms with Crippen molar-refractivity contribution in [1.29, 1.82) is 0 Å². The molecule has 62 valence electrons. The Morgan fingerprint density at radius 3 is 3.00 bits per heavy atom. The summed E-state index contributed by atoms with van der Waals surface area (Å²) in [7, 11) is 0. The SMILES string of the molecule is [C-]#[N+]c1cc(N)cc(OCC)n1. The van der Waals surface area contributed by atoms with Gasteiger partial charge in [0, 0.05) is 11.8 Å². The Morgan fingerprint density at radius 1 is 1.67 bits per heavy atom. The lowest BCUT2D eigenvalue weighted by molar-refractivity contribution is 0.328. The normalized spacial score (nSPS) is 9.00. The Morgan fingerprint density at radius 2 is 2.42 bits per heavy atom. The van der Waals surface area contributed by atoms with Crippen molar-refractivity contribution < 1.29 is 4.74 Å². The zero-order valence-electron chi connectivity index (χ0n) is 6.74. The molecule has 4 nitrogen and oxygen atoms in total. The van der Waals surface area contributed by atoms with E-state index in [0.717, 1.165) is 0 Å². The maximum atomic E-state index is 6.72. The molecule has 0 saturated carbocycles. The minimum absolute atomic E-state index is 0.262. The van der Waals surface area contributed by atoms with Crippen LogP contribution in [0.4, 0.5) is 11.5 Å². The number of nitrogens with zero attached hydrogens (tertiary/aromatic N) is 2. The quantitative estimate of drug-likeness (QED) is 0.674. The lowest BCUT2D eigenvalue weighted by Crippen LogP contribution is -1.95. The summed E-state index contributed by atoms with van der Waals surface area (Å²) >= 11 is 0. The van der Waals surface area contributed by atoms with Gasteiger partial charge in [0.1, 0.15) is 0 Å². The molecule has 0 saturated heterocycles. The van der Waals surface area contributed by atoms with E-state index in [2.05, 4.69) is 9.83 Å². The van der Waals surface area contributed by atoms with Crippen LogP contribution in [0.2, 0.25) is 0 Å². The van der Waals surface area contributed by atoms with Crippen molar-refractivity contribution in [3.63, 3.8) is 0 Å². The summed E-state index contributed by atoms with van der Waals surface area (Å²) in [6, 6.07) is 3.10. The van der Waals surface area contributed by atoms with Crippen LogP contribution in [-0.2, 0) is 0 Å². The summed E-state index contributed by atoms with van der Waals surface area (Å²) in [5.74, 6) is 0.668. The van der Waals surface area contributed by atoms with Crippen LogP contribution in [0.3, 0.4) is 0 Å². The second kappa shape index (κ2) is 3.58. The number of hydrogen-bond donors (Lipinski definition) is 1. The minimum atomic E-state index is 0.262. The van der Waals surface area contributed by atoms with Crippen molar-refractivity contribution in [2.24, 2.45) is 0 Å². The molecule has 0 aliphatic heterocycles. The Balaban J connectivity index is 3.00. The summed E-state index contributed by atoms with van der Waals surface area (Å²) < 4.78 is 5.09. The Bertz CT molecular complexity index is 317. The summed E-state index contributed by atoms with van der Waals surface area (Å²) in [4.78, 5) is 7.04. The van der Waals surface area contributed by atoms with Gasteiger partial charge in [-0.25, -0.2) is 0 Å². The number of anilines is 1. The topological polar surface area (TPSA) is 52.5 Å². The number of nitrogen functional groups attached to an aromatic ring is 1. The van der Waals surface area contributed by atoms with E-state index in [9.17, 15) is 0 Å². The maximum Gasteiger partial charge on any atom is 0.311 e. The third-order valence-electron chi connectivity index (χ3n) is 1.22. The number of rotatable bonds is 2. The smallest absolute Gasteiger partial charge is 0.311 e. The first-order valence-corrected chi connectivity index (χ1v) is 3.54. The zero-order chi connectivity index (χ0) is 8.97. The van der Waals surface area contributed by atoms with Crippen LogP contribution in [0.25, 0.3) is 4.85 Å². The maximum absolute atomic E-state index is 6.72. The van der Waals surface area contributed by atoms with Crippen LogP contribution in [0.1, 0.15) is 6.92 Å². The molecular formula is C8H9N3O. The van der Waals surface area contributed by atoms with Gasteiger partial charge in [-0.2, -0.15) is 0 Å². The molecule has 1 aromatic rings. The molecule has 4 heteroatoms. The minimum Gasteiger partial charge on any atom is -0.461 e. The third-order valence-corrected chi connectivity index (χ3v) is 1.22. The highest BCUT2D eigenvalue weighted by Crippen LogP contribution is 2.19. The predicted octanol–water partition coefficient (Wildman–Crippen LogP) is 1.61. The van der Waals surface area contributed by atoms with Crippen molar-refractivity contribution in [2.45, 2.75) is 6.92 Å². The van der Waals surface area contributed by atoms with Gasteiger partial charge in [-0.3, -0.25) is 0 Å². The van der Waals surface area contributed by atoms with Gasteiger partial charge < -0.3 is 15.3 Å². The van der Waals surface area contributed by atoms with Gasteiger partial charge in [0.25, 0.3) is 5.82 Å². The Kier molecular flexibility index (Phi) is 2.49. The molecule has 0 spiro atoms. The molecule has 2 N–H and O–H groups in total. The average molecular weight is 163 g/mol. The largest absolute Gasteiger partial charge is 0.461 e. The predicted molar refractivity (Wildman–Crippen MR) is 46.1 cm³/mol. The second-order valence-corrected chi connectivity index (χ2v) is 2.14. The number of hydrogen-bond acceptors (Lipinski definition) is 3. The fraction of sp³-hybridized carbons (Fsp3) is 0.250. The Labute approximate surface area is 70.8 Å². The molecule has 0 aromatic carbocycles. The molecule has 12 heavy (non-hydrogen) atoms. The first kappa shape index (κ1) is 8.34. The van der Waals surface area contributed by atoms with Crippen LogP contribution in [0, 0.1) is 6.57 Å². The van der Waals surface area contributed by atoms with Crippen LogP contribution in [0.5, 0.6) is 5.88 Å². The van der Waals surface area contributed by atoms with Gasteiger partial charge in [-0.05, 0) is 13.0 Å². The van der Waals surface area contributed by atoms with Crippen molar-refractivity contribution in [1.82, 2.24) is 4.98 Å². The lowest BCUT2D eigenvalue weighted by atomic mass is 10.4. The third kappa shape index (κ3) is 1.86. The van der Waals surface area contributed by atoms with E-state index < -0.39 is 0 Å². The molecule has 0 bridgehead atoms. The van der Waals surface area contributed by atoms with Gasteiger partial charge in [-0.1, -0.05) is 11.6 Å². The number of pyridine rings is 1. The zero-order valence-corrected chi connectivity index (χ0v) is 6.74. The van der Waals surface area contributed by atoms with Gasteiger partial charge in [0.05, 0.1) is 6.61 Å². The summed E-state index contributed by atoms with van der Waals surface area (Å²) in [5, 5.41) is 0. The lowest BCUT2D eigenvalue weighted by Gasteiger charge is -1.99. The molecule has 0 aliphatic rings. The van der Waals surface area contributed by atoms with E-state index in [1.165, 1.54) is 6.07 Å². The van der Waals surface area contributed by atoms with Gasteiger partial charge in [0.2, 0.25) is 0 Å². The van der Waals surface area contributed by atoms with Crippen molar-refractivity contribution in [2.75, 3.05) is 12.3 Å². The van der Waals surface area contributed by atoms with Crippen molar-refractivity contribution in [3.8, 4) is 5.88 Å². The molecule has 1 rings (SSSR count). The van der Waals surface area contributed by atoms with Crippen LogP contribution in [-0.4, -0.2) is 11.6 Å². The molecule has 0 radical (unpaired) electrons. The molecule has 0 amide bonds. The van der Waals surface area contributed by atoms with Crippen LogP contribution >= 0.6 is 0 Å². The molecule has 1 aromatic heterocycles. The molecular weight excluding hydrogens is 154 g/mol. The molecule has 0 atom stereocenters. The average Bonchev–Trinajstić information content (AvgIpc) is 2.04. The highest BCUT2D eigenvalue weighted by atomic mass is 16.5. The van der Waals surface area contributed by atoms with Gasteiger partial charge >= 0.3 is 5.88 Å². The summed E-state index contributed by atoms with van der Waals surface area (Å²) in [6.45, 7) is 9.09. The van der Waals surface area contributed by atoms with Crippen molar-refractivity contribution in [3.05, 3.63) is 23.5 Å². The van der Waals surface area contributed by atoms with Crippen molar-refractivity contribution >= 4 is 11.5 Å². The van der Waals surface area contributed by atoms with E-state index in [4.69, 9.17) is 17.0 Å². The molecule has 0 fully saturated rings.